The Bertz CT molecular complexity index is 1550. The third kappa shape index (κ3) is 3.83. The number of rotatable bonds is 5. The fraction of sp³-hybridized carbons (Fsp3) is 0.0435. The first-order chi connectivity index (χ1) is 16.4. The summed E-state index contributed by atoms with van der Waals surface area (Å²) in [6.45, 7) is 1.55. The molecule has 8 nitrogen and oxygen atoms in total. The van der Waals surface area contributed by atoms with Gasteiger partial charge < -0.3 is 15.0 Å². The van der Waals surface area contributed by atoms with E-state index in [2.05, 4.69) is 25.6 Å². The largest absolute Gasteiger partial charge is 0.453 e. The second kappa shape index (κ2) is 8.35. The van der Waals surface area contributed by atoms with E-state index in [1.54, 1.807) is 25.3 Å². The maximum atomic E-state index is 14.7. The van der Waals surface area contributed by atoms with E-state index in [4.69, 9.17) is 4.74 Å². The standard InChI is InChI=1S/C23H15F3N6O2/c1-12-21(30-31-32(12)14-3-4-16(24)17(25)11-14)23(33)29-13-2-5-20(18(26)10-13)34-19-7-9-28-22-15(19)6-8-27-22/h2-11H,1H3,(H,27,28)(H,29,33). The predicted octanol–water partition coefficient (Wildman–Crippen LogP) is 4.91. The molecule has 0 unspecified atom stereocenters. The first-order valence-corrected chi connectivity index (χ1v) is 9.99. The van der Waals surface area contributed by atoms with Gasteiger partial charge in [-0.3, -0.25) is 4.79 Å². The third-order valence-corrected chi connectivity index (χ3v) is 5.09. The fourth-order valence-corrected chi connectivity index (χ4v) is 3.40. The van der Waals surface area contributed by atoms with Crippen LogP contribution >= 0.6 is 0 Å². The van der Waals surface area contributed by atoms with E-state index in [1.807, 2.05) is 0 Å². The number of aromatic amines is 1. The van der Waals surface area contributed by atoms with E-state index in [-0.39, 0.29) is 28.5 Å². The minimum Gasteiger partial charge on any atom is -0.453 e. The van der Waals surface area contributed by atoms with Crippen molar-refractivity contribution in [1.29, 1.82) is 0 Å². The second-order valence-corrected chi connectivity index (χ2v) is 7.28. The topological polar surface area (TPSA) is 97.7 Å². The Morgan fingerprint density at radius 3 is 2.65 bits per heavy atom. The molecular weight excluding hydrogens is 449 g/mol. The summed E-state index contributed by atoms with van der Waals surface area (Å²) in [5.74, 6) is -3.02. The van der Waals surface area contributed by atoms with E-state index in [9.17, 15) is 18.0 Å². The van der Waals surface area contributed by atoms with E-state index >= 15 is 0 Å². The number of ether oxygens (including phenoxy) is 1. The highest BCUT2D eigenvalue weighted by Gasteiger charge is 2.19. The number of pyridine rings is 1. The molecule has 5 aromatic rings. The molecule has 0 fully saturated rings. The highest BCUT2D eigenvalue weighted by Crippen LogP contribution is 2.31. The molecule has 0 aliphatic rings. The summed E-state index contributed by atoms with van der Waals surface area (Å²) in [5, 5.41) is 10.9. The van der Waals surface area contributed by atoms with Gasteiger partial charge in [0.2, 0.25) is 0 Å². The summed E-state index contributed by atoms with van der Waals surface area (Å²) < 4.78 is 48.3. The van der Waals surface area contributed by atoms with Gasteiger partial charge in [-0.15, -0.1) is 5.10 Å². The van der Waals surface area contributed by atoms with Gasteiger partial charge in [0.05, 0.1) is 16.8 Å². The number of halogens is 3. The Morgan fingerprint density at radius 2 is 1.85 bits per heavy atom. The number of hydrogen-bond acceptors (Lipinski definition) is 5. The molecule has 170 valence electrons. The molecule has 0 spiro atoms. The van der Waals surface area contributed by atoms with Gasteiger partial charge in [-0.2, -0.15) is 0 Å². The lowest BCUT2D eigenvalue weighted by Gasteiger charge is -2.10. The number of H-pyrrole nitrogens is 1. The Balaban J connectivity index is 1.34. The van der Waals surface area contributed by atoms with Crippen molar-refractivity contribution in [2.24, 2.45) is 0 Å². The monoisotopic (exact) mass is 464 g/mol. The van der Waals surface area contributed by atoms with Crippen LogP contribution in [0.4, 0.5) is 18.9 Å². The van der Waals surface area contributed by atoms with Gasteiger partial charge in [0.15, 0.2) is 28.9 Å². The summed E-state index contributed by atoms with van der Waals surface area (Å²) in [4.78, 5) is 19.8. The number of amides is 1. The van der Waals surface area contributed by atoms with Crippen molar-refractivity contribution in [3.05, 3.63) is 89.8 Å². The van der Waals surface area contributed by atoms with Gasteiger partial charge in [0, 0.05) is 30.2 Å². The minimum atomic E-state index is -1.06. The molecule has 11 heteroatoms. The number of fused-ring (bicyclic) bond motifs is 1. The van der Waals surface area contributed by atoms with Crippen LogP contribution in [0.2, 0.25) is 0 Å². The minimum absolute atomic E-state index is 0.0350. The molecule has 0 aliphatic heterocycles. The zero-order chi connectivity index (χ0) is 23.8. The number of carbonyl (C=O) groups is 1. The number of anilines is 1. The average molecular weight is 464 g/mol. The van der Waals surface area contributed by atoms with Gasteiger partial charge in [-0.25, -0.2) is 22.8 Å². The number of nitrogens with zero attached hydrogens (tertiary/aromatic N) is 4. The zero-order valence-corrected chi connectivity index (χ0v) is 17.5. The number of nitrogens with one attached hydrogen (secondary N) is 2. The van der Waals surface area contributed by atoms with Crippen molar-refractivity contribution in [3.8, 4) is 17.2 Å². The lowest BCUT2D eigenvalue weighted by Crippen LogP contribution is -2.14. The molecule has 2 aromatic carbocycles. The number of benzene rings is 2. The number of hydrogen-bond donors (Lipinski definition) is 2. The molecule has 3 aromatic heterocycles. The van der Waals surface area contributed by atoms with Crippen molar-refractivity contribution in [1.82, 2.24) is 25.0 Å². The van der Waals surface area contributed by atoms with Crippen LogP contribution in [0.25, 0.3) is 16.7 Å². The predicted molar refractivity (Wildman–Crippen MR) is 117 cm³/mol. The Labute approximate surface area is 190 Å². The van der Waals surface area contributed by atoms with E-state index in [1.165, 1.54) is 29.1 Å². The normalized spacial score (nSPS) is 11.1. The van der Waals surface area contributed by atoms with Crippen LogP contribution in [0.1, 0.15) is 16.2 Å². The summed E-state index contributed by atoms with van der Waals surface area (Å²) in [6, 6.07) is 10.5. The molecule has 0 atom stereocenters. The molecule has 0 radical (unpaired) electrons. The maximum Gasteiger partial charge on any atom is 0.278 e. The Kier molecular flexibility index (Phi) is 5.21. The van der Waals surface area contributed by atoms with Gasteiger partial charge in [-0.1, -0.05) is 5.21 Å². The molecule has 0 bridgehead atoms. The highest BCUT2D eigenvalue weighted by atomic mass is 19.2. The van der Waals surface area contributed by atoms with Crippen LogP contribution in [-0.4, -0.2) is 30.9 Å². The lowest BCUT2D eigenvalue weighted by atomic mass is 10.2. The van der Waals surface area contributed by atoms with Gasteiger partial charge in [0.25, 0.3) is 5.91 Å². The number of carbonyl (C=O) groups excluding carboxylic acids is 1. The quantitative estimate of drug-likeness (QED) is 0.385. The molecule has 0 saturated carbocycles. The maximum absolute atomic E-state index is 14.7. The van der Waals surface area contributed by atoms with Crippen molar-refractivity contribution >= 4 is 22.6 Å². The first-order valence-electron chi connectivity index (χ1n) is 9.99. The van der Waals surface area contributed by atoms with E-state index in [0.29, 0.717) is 16.8 Å². The van der Waals surface area contributed by atoms with Crippen LogP contribution in [0.3, 0.4) is 0 Å². The summed E-state index contributed by atoms with van der Waals surface area (Å²) >= 11 is 0. The van der Waals surface area contributed by atoms with E-state index in [0.717, 1.165) is 18.2 Å². The highest BCUT2D eigenvalue weighted by molar-refractivity contribution is 6.03. The van der Waals surface area contributed by atoms with Crippen molar-refractivity contribution < 1.29 is 22.7 Å². The smallest absolute Gasteiger partial charge is 0.278 e. The molecule has 3 heterocycles. The first kappa shape index (κ1) is 21.2. The van der Waals surface area contributed by atoms with Crippen molar-refractivity contribution in [2.45, 2.75) is 6.92 Å². The van der Waals surface area contributed by atoms with Gasteiger partial charge in [0.1, 0.15) is 11.4 Å². The third-order valence-electron chi connectivity index (χ3n) is 5.09. The van der Waals surface area contributed by atoms with Gasteiger partial charge in [-0.05, 0) is 43.3 Å². The second-order valence-electron chi connectivity index (χ2n) is 7.28. The molecule has 2 N–H and O–H groups in total. The Morgan fingerprint density at radius 1 is 1.00 bits per heavy atom. The van der Waals surface area contributed by atoms with Crippen molar-refractivity contribution in [3.63, 3.8) is 0 Å². The molecule has 0 saturated heterocycles. The zero-order valence-electron chi connectivity index (χ0n) is 17.5. The van der Waals surface area contributed by atoms with E-state index < -0.39 is 23.4 Å². The van der Waals surface area contributed by atoms with Gasteiger partial charge >= 0.3 is 0 Å². The molecule has 5 rings (SSSR count). The Hall–Kier alpha value is -4.67. The molecule has 0 aliphatic carbocycles. The molecule has 1 amide bonds. The van der Waals surface area contributed by atoms with Crippen molar-refractivity contribution in [2.75, 3.05) is 5.32 Å². The fourth-order valence-electron chi connectivity index (χ4n) is 3.40. The summed E-state index contributed by atoms with van der Waals surface area (Å²) in [5.41, 5.74) is 1.20. The number of aromatic nitrogens is 5. The summed E-state index contributed by atoms with van der Waals surface area (Å²) in [6.07, 6.45) is 3.24. The van der Waals surface area contributed by atoms with Crippen LogP contribution in [0, 0.1) is 24.4 Å². The summed E-state index contributed by atoms with van der Waals surface area (Å²) in [7, 11) is 0. The average Bonchev–Trinajstić information content (AvgIpc) is 3.45. The SMILES string of the molecule is Cc1c(C(=O)Nc2ccc(Oc3ccnc4[nH]ccc34)c(F)c2)nnn1-c1ccc(F)c(F)c1. The molecular formula is C23H15F3N6O2. The van der Waals surface area contributed by atoms with Crippen LogP contribution < -0.4 is 10.1 Å². The van der Waals surface area contributed by atoms with Crippen LogP contribution in [0.5, 0.6) is 11.5 Å². The van der Waals surface area contributed by atoms with Crippen LogP contribution in [0.15, 0.2) is 60.9 Å². The van der Waals surface area contributed by atoms with Crippen LogP contribution in [-0.2, 0) is 0 Å². The lowest BCUT2D eigenvalue weighted by molar-refractivity contribution is 0.102. The molecule has 34 heavy (non-hydrogen) atoms.